The molecule has 2 nitrogen and oxygen atoms in total. The first-order valence-electron chi connectivity index (χ1n) is 6.82. The van der Waals surface area contributed by atoms with E-state index in [0.717, 1.165) is 13.1 Å². The zero-order chi connectivity index (χ0) is 13.7. The zero-order valence-electron chi connectivity index (χ0n) is 11.8. The number of anilines is 1. The van der Waals surface area contributed by atoms with Gasteiger partial charge in [-0.2, -0.15) is 0 Å². The third-order valence-corrected chi connectivity index (χ3v) is 3.41. The van der Waals surface area contributed by atoms with Crippen LogP contribution in [0.5, 0.6) is 0 Å². The van der Waals surface area contributed by atoms with Crippen molar-refractivity contribution in [2.45, 2.75) is 26.9 Å². The van der Waals surface area contributed by atoms with Gasteiger partial charge in [0.2, 0.25) is 0 Å². The molecule has 0 fully saturated rings. The Kier molecular flexibility index (Phi) is 4.58. The molecule has 0 atom stereocenters. The van der Waals surface area contributed by atoms with Gasteiger partial charge in [-0.05, 0) is 37.1 Å². The molecule has 19 heavy (non-hydrogen) atoms. The second-order valence-electron chi connectivity index (χ2n) is 4.87. The van der Waals surface area contributed by atoms with E-state index in [2.05, 4.69) is 67.3 Å². The molecule has 0 bridgehead atoms. The number of nitrogens with zero attached hydrogens (tertiary/aromatic N) is 1. The second kappa shape index (κ2) is 6.39. The summed E-state index contributed by atoms with van der Waals surface area (Å²) in [6.07, 6.45) is 0. The zero-order valence-corrected chi connectivity index (χ0v) is 11.8. The molecule has 0 radical (unpaired) electrons. The maximum absolute atomic E-state index is 5.62. The predicted octanol–water partition coefficient (Wildman–Crippen LogP) is 3.48. The van der Waals surface area contributed by atoms with Crippen molar-refractivity contribution >= 4 is 5.69 Å². The molecule has 2 N–H and O–H groups in total. The Bertz CT molecular complexity index is 500. The monoisotopic (exact) mass is 254 g/mol. The van der Waals surface area contributed by atoms with Gasteiger partial charge in [0.05, 0.1) is 0 Å². The fourth-order valence-electron chi connectivity index (χ4n) is 2.14. The van der Waals surface area contributed by atoms with Gasteiger partial charge in [-0.1, -0.05) is 42.0 Å². The molecule has 0 aliphatic rings. The van der Waals surface area contributed by atoms with Crippen LogP contribution in [0.1, 0.15) is 23.6 Å². The van der Waals surface area contributed by atoms with Crippen LogP contribution in [0, 0.1) is 6.92 Å². The molecule has 2 aromatic rings. The van der Waals surface area contributed by atoms with Crippen molar-refractivity contribution in [1.29, 1.82) is 0 Å². The molecule has 0 saturated carbocycles. The van der Waals surface area contributed by atoms with Crippen molar-refractivity contribution in [3.8, 4) is 0 Å². The summed E-state index contributed by atoms with van der Waals surface area (Å²) in [6.45, 7) is 6.85. The van der Waals surface area contributed by atoms with E-state index in [9.17, 15) is 0 Å². The SMILES string of the molecule is CCN(Cc1ccc(CN)cc1)c1ccc(C)cc1. The summed E-state index contributed by atoms with van der Waals surface area (Å²) in [5, 5.41) is 0. The molecule has 0 amide bonds. The Morgan fingerprint density at radius 2 is 1.47 bits per heavy atom. The van der Waals surface area contributed by atoms with Crippen LogP contribution in [0.15, 0.2) is 48.5 Å². The number of rotatable bonds is 5. The minimum absolute atomic E-state index is 0.607. The van der Waals surface area contributed by atoms with Crippen molar-refractivity contribution in [2.24, 2.45) is 5.73 Å². The van der Waals surface area contributed by atoms with Crippen LogP contribution in [0.25, 0.3) is 0 Å². The maximum atomic E-state index is 5.62. The first-order chi connectivity index (χ1) is 9.22. The summed E-state index contributed by atoms with van der Waals surface area (Å²) in [5.41, 5.74) is 10.7. The topological polar surface area (TPSA) is 29.3 Å². The van der Waals surface area contributed by atoms with Gasteiger partial charge < -0.3 is 10.6 Å². The van der Waals surface area contributed by atoms with E-state index in [0.29, 0.717) is 6.54 Å². The van der Waals surface area contributed by atoms with Gasteiger partial charge in [-0.25, -0.2) is 0 Å². The largest absolute Gasteiger partial charge is 0.367 e. The molecule has 2 aromatic carbocycles. The third kappa shape index (κ3) is 3.58. The molecule has 0 aromatic heterocycles. The smallest absolute Gasteiger partial charge is 0.0429 e. The van der Waals surface area contributed by atoms with E-state index >= 15 is 0 Å². The molecule has 0 saturated heterocycles. The highest BCUT2D eigenvalue weighted by molar-refractivity contribution is 5.48. The van der Waals surface area contributed by atoms with Gasteiger partial charge in [0, 0.05) is 25.3 Å². The van der Waals surface area contributed by atoms with Crippen molar-refractivity contribution in [1.82, 2.24) is 0 Å². The molecule has 100 valence electrons. The Morgan fingerprint density at radius 1 is 0.895 bits per heavy atom. The Hall–Kier alpha value is -1.80. The van der Waals surface area contributed by atoms with Crippen LogP contribution in [-0.4, -0.2) is 6.54 Å². The minimum atomic E-state index is 0.607. The highest BCUT2D eigenvalue weighted by Gasteiger charge is 2.05. The minimum Gasteiger partial charge on any atom is -0.367 e. The van der Waals surface area contributed by atoms with Crippen molar-refractivity contribution in [3.63, 3.8) is 0 Å². The Balaban J connectivity index is 2.11. The molecule has 2 rings (SSSR count). The fourth-order valence-corrected chi connectivity index (χ4v) is 2.14. The average Bonchev–Trinajstić information content (AvgIpc) is 2.46. The standard InChI is InChI=1S/C17H22N2/c1-3-19(17-10-4-14(2)5-11-17)13-16-8-6-15(12-18)7-9-16/h4-11H,3,12-13,18H2,1-2H3. The summed E-state index contributed by atoms with van der Waals surface area (Å²) in [6, 6.07) is 17.2. The molecule has 0 aliphatic heterocycles. The first kappa shape index (κ1) is 13.6. The lowest BCUT2D eigenvalue weighted by Gasteiger charge is -2.23. The normalized spacial score (nSPS) is 10.5. The van der Waals surface area contributed by atoms with E-state index in [1.165, 1.54) is 22.4 Å². The summed E-state index contributed by atoms with van der Waals surface area (Å²) in [4.78, 5) is 2.37. The van der Waals surface area contributed by atoms with Crippen LogP contribution < -0.4 is 10.6 Å². The van der Waals surface area contributed by atoms with Crippen molar-refractivity contribution in [2.75, 3.05) is 11.4 Å². The lowest BCUT2D eigenvalue weighted by molar-refractivity contribution is 0.831. The fraction of sp³-hybridized carbons (Fsp3) is 0.294. The number of hydrogen-bond donors (Lipinski definition) is 1. The van der Waals surface area contributed by atoms with Gasteiger partial charge in [0.1, 0.15) is 0 Å². The van der Waals surface area contributed by atoms with Crippen molar-refractivity contribution < 1.29 is 0 Å². The second-order valence-corrected chi connectivity index (χ2v) is 4.87. The molecule has 0 heterocycles. The maximum Gasteiger partial charge on any atom is 0.0429 e. The Morgan fingerprint density at radius 3 is 2.00 bits per heavy atom. The Labute approximate surface area is 115 Å². The quantitative estimate of drug-likeness (QED) is 0.885. The van der Waals surface area contributed by atoms with E-state index in [1.54, 1.807) is 0 Å². The molecule has 0 unspecified atom stereocenters. The summed E-state index contributed by atoms with van der Waals surface area (Å²) >= 11 is 0. The average molecular weight is 254 g/mol. The molecular formula is C17H22N2. The van der Waals surface area contributed by atoms with E-state index in [4.69, 9.17) is 5.73 Å². The van der Waals surface area contributed by atoms with Crippen LogP contribution in [0.2, 0.25) is 0 Å². The lowest BCUT2D eigenvalue weighted by atomic mass is 10.1. The number of nitrogens with two attached hydrogens (primary N) is 1. The number of aryl methyl sites for hydroxylation is 1. The first-order valence-corrected chi connectivity index (χ1v) is 6.82. The van der Waals surface area contributed by atoms with Crippen LogP contribution in [0.4, 0.5) is 5.69 Å². The van der Waals surface area contributed by atoms with Gasteiger partial charge in [-0.3, -0.25) is 0 Å². The van der Waals surface area contributed by atoms with E-state index in [1.807, 2.05) is 0 Å². The van der Waals surface area contributed by atoms with Gasteiger partial charge in [0.25, 0.3) is 0 Å². The molecule has 0 spiro atoms. The summed E-state index contributed by atoms with van der Waals surface area (Å²) in [5.74, 6) is 0. The third-order valence-electron chi connectivity index (χ3n) is 3.41. The lowest BCUT2D eigenvalue weighted by Crippen LogP contribution is -2.21. The van der Waals surface area contributed by atoms with Crippen LogP contribution in [-0.2, 0) is 13.1 Å². The molecule has 0 aliphatic carbocycles. The molecule has 2 heteroatoms. The van der Waals surface area contributed by atoms with Crippen molar-refractivity contribution in [3.05, 3.63) is 65.2 Å². The van der Waals surface area contributed by atoms with Crippen LogP contribution >= 0.6 is 0 Å². The summed E-state index contributed by atoms with van der Waals surface area (Å²) in [7, 11) is 0. The number of hydrogen-bond acceptors (Lipinski definition) is 2. The van der Waals surface area contributed by atoms with E-state index in [-0.39, 0.29) is 0 Å². The van der Waals surface area contributed by atoms with Gasteiger partial charge in [0.15, 0.2) is 0 Å². The van der Waals surface area contributed by atoms with Crippen LogP contribution in [0.3, 0.4) is 0 Å². The highest BCUT2D eigenvalue weighted by atomic mass is 15.1. The number of benzene rings is 2. The molecular weight excluding hydrogens is 232 g/mol. The highest BCUT2D eigenvalue weighted by Crippen LogP contribution is 2.18. The predicted molar refractivity (Wildman–Crippen MR) is 82.2 cm³/mol. The summed E-state index contributed by atoms with van der Waals surface area (Å²) < 4.78 is 0. The van der Waals surface area contributed by atoms with Gasteiger partial charge >= 0.3 is 0 Å². The van der Waals surface area contributed by atoms with E-state index < -0.39 is 0 Å². The van der Waals surface area contributed by atoms with Gasteiger partial charge in [-0.15, -0.1) is 0 Å².